The Labute approximate surface area is 136 Å². The largest absolute Gasteiger partial charge is 0.382 e. The molecule has 0 amide bonds. The van der Waals surface area contributed by atoms with E-state index in [4.69, 9.17) is 0 Å². The lowest BCUT2D eigenvalue weighted by Crippen LogP contribution is -2.41. The number of aryl methyl sites for hydroxylation is 1. The third kappa shape index (κ3) is 3.99. The molecule has 0 unspecified atom stereocenters. The molecule has 1 fully saturated rings. The fourth-order valence-electron chi connectivity index (χ4n) is 3.17. The molecular formula is C18H24N4O. The Hall–Kier alpha value is -2.14. The average Bonchev–Trinajstić information content (AvgIpc) is 2.55. The molecule has 2 aromatic rings. The van der Waals surface area contributed by atoms with Crippen molar-refractivity contribution >= 4 is 5.69 Å². The van der Waals surface area contributed by atoms with Gasteiger partial charge in [0, 0.05) is 36.6 Å². The van der Waals surface area contributed by atoms with Crippen LogP contribution in [0, 0.1) is 6.92 Å². The lowest BCUT2D eigenvalue weighted by atomic mass is 10.0. The zero-order chi connectivity index (χ0) is 16.2. The summed E-state index contributed by atoms with van der Waals surface area (Å²) >= 11 is 0. The number of anilines is 1. The minimum atomic E-state index is -0.0695. The van der Waals surface area contributed by atoms with Crippen LogP contribution in [0.25, 0.3) is 0 Å². The molecule has 0 bridgehead atoms. The number of rotatable bonds is 4. The summed E-state index contributed by atoms with van der Waals surface area (Å²) in [5.74, 6) is 0.768. The van der Waals surface area contributed by atoms with Gasteiger partial charge in [0.05, 0.1) is 6.04 Å². The van der Waals surface area contributed by atoms with Gasteiger partial charge in [0.15, 0.2) is 0 Å². The number of likely N-dealkylation sites (tertiary alicyclic amines) is 1. The van der Waals surface area contributed by atoms with Crippen LogP contribution in [0.2, 0.25) is 0 Å². The van der Waals surface area contributed by atoms with Crippen LogP contribution in [0.1, 0.15) is 37.3 Å². The molecule has 3 rings (SSSR count). The second-order valence-electron chi connectivity index (χ2n) is 6.27. The van der Waals surface area contributed by atoms with Crippen LogP contribution in [0.4, 0.5) is 5.69 Å². The molecule has 0 radical (unpaired) electrons. The van der Waals surface area contributed by atoms with E-state index in [1.54, 1.807) is 0 Å². The van der Waals surface area contributed by atoms with E-state index >= 15 is 0 Å². The summed E-state index contributed by atoms with van der Waals surface area (Å²) in [5.41, 5.74) is 1.89. The Balaban J connectivity index is 1.59. The number of aromatic amines is 1. The minimum absolute atomic E-state index is 0.0695. The number of piperidine rings is 1. The summed E-state index contributed by atoms with van der Waals surface area (Å²) in [6, 6.07) is 12.5. The zero-order valence-electron chi connectivity index (χ0n) is 13.7. The van der Waals surface area contributed by atoms with E-state index in [9.17, 15) is 4.79 Å². The fraction of sp³-hybridized carbons (Fsp3) is 0.444. The molecule has 2 heterocycles. The van der Waals surface area contributed by atoms with E-state index < -0.39 is 0 Å². The maximum Gasteiger partial charge on any atom is 0.251 e. The van der Waals surface area contributed by atoms with Gasteiger partial charge in [-0.05, 0) is 38.8 Å². The normalized spacial score (nSPS) is 17.8. The van der Waals surface area contributed by atoms with Crippen LogP contribution in [-0.4, -0.2) is 34.0 Å². The van der Waals surface area contributed by atoms with Crippen molar-refractivity contribution in [3.05, 3.63) is 58.3 Å². The van der Waals surface area contributed by atoms with Gasteiger partial charge in [0.1, 0.15) is 5.82 Å². The molecule has 5 nitrogen and oxygen atoms in total. The first-order valence-electron chi connectivity index (χ1n) is 8.25. The van der Waals surface area contributed by atoms with Gasteiger partial charge < -0.3 is 10.3 Å². The first-order valence-corrected chi connectivity index (χ1v) is 8.25. The average molecular weight is 312 g/mol. The molecule has 122 valence electrons. The van der Waals surface area contributed by atoms with Gasteiger partial charge in [0.2, 0.25) is 0 Å². The molecule has 0 aliphatic carbocycles. The van der Waals surface area contributed by atoms with Crippen LogP contribution in [0.5, 0.6) is 0 Å². The number of para-hydroxylation sites is 1. The van der Waals surface area contributed by atoms with Crippen LogP contribution in [0.3, 0.4) is 0 Å². The van der Waals surface area contributed by atoms with Crippen molar-refractivity contribution in [2.45, 2.75) is 38.8 Å². The predicted octanol–water partition coefficient (Wildman–Crippen LogP) is 2.72. The Morgan fingerprint density at radius 1 is 1.26 bits per heavy atom. The van der Waals surface area contributed by atoms with Gasteiger partial charge in [0.25, 0.3) is 5.56 Å². The number of nitrogens with zero attached hydrogens (tertiary/aromatic N) is 2. The summed E-state index contributed by atoms with van der Waals surface area (Å²) < 4.78 is 0. The Kier molecular flexibility index (Phi) is 4.76. The summed E-state index contributed by atoms with van der Waals surface area (Å²) in [7, 11) is 0. The highest BCUT2D eigenvalue weighted by atomic mass is 16.1. The number of hydrogen-bond acceptors (Lipinski definition) is 4. The highest BCUT2D eigenvalue weighted by molar-refractivity contribution is 5.43. The van der Waals surface area contributed by atoms with Crippen molar-refractivity contribution < 1.29 is 0 Å². The molecule has 23 heavy (non-hydrogen) atoms. The Morgan fingerprint density at radius 2 is 1.96 bits per heavy atom. The Bertz CT molecular complexity index is 690. The third-order valence-corrected chi connectivity index (χ3v) is 4.51. The topological polar surface area (TPSA) is 61.0 Å². The Morgan fingerprint density at radius 3 is 2.61 bits per heavy atom. The van der Waals surface area contributed by atoms with Crippen molar-refractivity contribution in [3.63, 3.8) is 0 Å². The number of benzene rings is 1. The molecule has 1 aromatic carbocycles. The van der Waals surface area contributed by atoms with Gasteiger partial charge in [-0.3, -0.25) is 9.69 Å². The molecule has 1 saturated heterocycles. The summed E-state index contributed by atoms with van der Waals surface area (Å²) in [4.78, 5) is 21.4. The summed E-state index contributed by atoms with van der Waals surface area (Å²) in [6.45, 7) is 5.98. The van der Waals surface area contributed by atoms with E-state index in [-0.39, 0.29) is 11.6 Å². The van der Waals surface area contributed by atoms with E-state index in [0.717, 1.165) is 37.4 Å². The maximum atomic E-state index is 11.6. The van der Waals surface area contributed by atoms with Gasteiger partial charge >= 0.3 is 0 Å². The van der Waals surface area contributed by atoms with Crippen LogP contribution < -0.4 is 10.9 Å². The third-order valence-electron chi connectivity index (χ3n) is 4.51. The number of aromatic nitrogens is 2. The molecular weight excluding hydrogens is 288 g/mol. The number of nitrogens with one attached hydrogen (secondary N) is 2. The van der Waals surface area contributed by atoms with Gasteiger partial charge in [-0.2, -0.15) is 0 Å². The standard InChI is InChI=1S/C18H24N4O/c1-13-12-17(23)21-18(19-13)14(2)22-10-8-16(9-11-22)20-15-6-4-3-5-7-15/h3-7,12,14,16,20H,8-11H2,1-2H3,(H,19,21,23)/t14-/m0/s1. The second kappa shape index (κ2) is 6.96. The lowest BCUT2D eigenvalue weighted by molar-refractivity contribution is 0.161. The number of H-pyrrole nitrogens is 1. The number of hydrogen-bond donors (Lipinski definition) is 2. The molecule has 2 N–H and O–H groups in total. The van der Waals surface area contributed by atoms with Crippen molar-refractivity contribution in [2.24, 2.45) is 0 Å². The van der Waals surface area contributed by atoms with E-state index in [2.05, 4.69) is 51.4 Å². The van der Waals surface area contributed by atoms with Crippen LogP contribution >= 0.6 is 0 Å². The first kappa shape index (κ1) is 15.7. The zero-order valence-corrected chi connectivity index (χ0v) is 13.7. The van der Waals surface area contributed by atoms with Crippen molar-refractivity contribution in [3.8, 4) is 0 Å². The van der Waals surface area contributed by atoms with Gasteiger partial charge in [-0.15, -0.1) is 0 Å². The van der Waals surface area contributed by atoms with Crippen LogP contribution in [-0.2, 0) is 0 Å². The SMILES string of the molecule is Cc1cc(=O)[nH]c([C@H](C)N2CCC(Nc3ccccc3)CC2)n1. The van der Waals surface area contributed by atoms with Gasteiger partial charge in [-0.25, -0.2) is 4.98 Å². The molecule has 5 heteroatoms. The van der Waals surface area contributed by atoms with Crippen LogP contribution in [0.15, 0.2) is 41.2 Å². The first-order chi connectivity index (χ1) is 11.1. The predicted molar refractivity (Wildman–Crippen MR) is 92.7 cm³/mol. The summed E-state index contributed by atoms with van der Waals surface area (Å²) in [5, 5.41) is 3.60. The quantitative estimate of drug-likeness (QED) is 0.911. The summed E-state index contributed by atoms with van der Waals surface area (Å²) in [6.07, 6.45) is 2.19. The lowest BCUT2D eigenvalue weighted by Gasteiger charge is -2.36. The molecule has 1 atom stereocenters. The monoisotopic (exact) mass is 312 g/mol. The minimum Gasteiger partial charge on any atom is -0.382 e. The molecule has 1 aliphatic rings. The van der Waals surface area contributed by atoms with Gasteiger partial charge in [-0.1, -0.05) is 18.2 Å². The molecule has 1 aliphatic heterocycles. The highest BCUT2D eigenvalue weighted by Gasteiger charge is 2.24. The maximum absolute atomic E-state index is 11.6. The smallest absolute Gasteiger partial charge is 0.251 e. The molecule has 1 aromatic heterocycles. The van der Waals surface area contributed by atoms with Crippen molar-refractivity contribution in [1.29, 1.82) is 0 Å². The highest BCUT2D eigenvalue weighted by Crippen LogP contribution is 2.23. The van der Waals surface area contributed by atoms with Crippen molar-refractivity contribution in [1.82, 2.24) is 14.9 Å². The molecule has 0 spiro atoms. The molecule has 0 saturated carbocycles. The van der Waals surface area contributed by atoms with E-state index in [1.807, 2.05) is 13.0 Å². The van der Waals surface area contributed by atoms with E-state index in [1.165, 1.54) is 11.8 Å². The fourth-order valence-corrected chi connectivity index (χ4v) is 3.17. The van der Waals surface area contributed by atoms with E-state index in [0.29, 0.717) is 6.04 Å². The second-order valence-corrected chi connectivity index (χ2v) is 6.27. The van der Waals surface area contributed by atoms with Crippen molar-refractivity contribution in [2.75, 3.05) is 18.4 Å².